The molecular weight excluding hydrogens is 264 g/mol. The summed E-state index contributed by atoms with van der Waals surface area (Å²) < 4.78 is 12.5. The van der Waals surface area contributed by atoms with Crippen LogP contribution in [0, 0.1) is 0 Å². The van der Waals surface area contributed by atoms with Crippen LogP contribution in [0.1, 0.15) is 12.6 Å². The molecule has 5 heteroatoms. The molecule has 0 aromatic carbocycles. The van der Waals surface area contributed by atoms with E-state index < -0.39 is 10.8 Å². The van der Waals surface area contributed by atoms with E-state index in [0.717, 1.165) is 10.2 Å². The first-order valence-electron chi connectivity index (χ1n) is 4.31. The van der Waals surface area contributed by atoms with Crippen LogP contribution in [0.4, 0.5) is 0 Å². The van der Waals surface area contributed by atoms with E-state index in [1.165, 1.54) is 0 Å². The van der Waals surface area contributed by atoms with Crippen LogP contribution in [-0.2, 0) is 16.6 Å². The molecule has 3 nitrogen and oxygen atoms in total. The fraction of sp³-hybridized carbons (Fsp3) is 0.444. The standard InChI is InChI=1S/C9H13BrN2OS/c1-7(4-11)14(13)6-9-3-2-8(10)5-12-9/h2-3,5,7H,4,6,11H2,1H3. The normalized spacial score (nSPS) is 15.1. The Labute approximate surface area is 94.7 Å². The highest BCUT2D eigenvalue weighted by Crippen LogP contribution is 2.09. The first-order valence-corrected chi connectivity index (χ1v) is 6.48. The number of hydrogen-bond acceptors (Lipinski definition) is 3. The predicted molar refractivity (Wildman–Crippen MR) is 62.3 cm³/mol. The van der Waals surface area contributed by atoms with Crippen LogP contribution in [-0.4, -0.2) is 21.0 Å². The van der Waals surface area contributed by atoms with Crippen LogP contribution in [0.15, 0.2) is 22.8 Å². The minimum absolute atomic E-state index is 0.0282. The molecule has 0 radical (unpaired) electrons. The maximum absolute atomic E-state index is 11.6. The molecule has 2 N–H and O–H groups in total. The van der Waals surface area contributed by atoms with Crippen molar-refractivity contribution in [1.82, 2.24) is 4.98 Å². The molecular formula is C9H13BrN2OS. The van der Waals surface area contributed by atoms with Gasteiger partial charge in [-0.1, -0.05) is 0 Å². The van der Waals surface area contributed by atoms with E-state index in [-0.39, 0.29) is 5.25 Å². The molecule has 0 aliphatic rings. The summed E-state index contributed by atoms with van der Waals surface area (Å²) >= 11 is 3.30. The number of nitrogens with zero attached hydrogens (tertiary/aromatic N) is 1. The highest BCUT2D eigenvalue weighted by molar-refractivity contribution is 9.10. The molecule has 1 rings (SSSR count). The molecule has 0 saturated heterocycles. The van der Waals surface area contributed by atoms with Crippen molar-refractivity contribution >= 4 is 26.7 Å². The zero-order valence-electron chi connectivity index (χ0n) is 7.94. The first-order chi connectivity index (χ1) is 6.63. The van der Waals surface area contributed by atoms with E-state index in [0.29, 0.717) is 12.3 Å². The Kier molecular flexibility index (Phi) is 4.71. The quantitative estimate of drug-likeness (QED) is 0.906. The minimum Gasteiger partial charge on any atom is -0.329 e. The summed E-state index contributed by atoms with van der Waals surface area (Å²) in [7, 11) is -0.925. The Morgan fingerprint density at radius 2 is 2.36 bits per heavy atom. The third kappa shape index (κ3) is 3.48. The van der Waals surface area contributed by atoms with E-state index >= 15 is 0 Å². The molecule has 0 aliphatic heterocycles. The molecule has 1 heterocycles. The second-order valence-electron chi connectivity index (χ2n) is 3.04. The Morgan fingerprint density at radius 1 is 1.64 bits per heavy atom. The molecule has 0 spiro atoms. The molecule has 2 atom stereocenters. The molecule has 1 aromatic heterocycles. The van der Waals surface area contributed by atoms with E-state index in [1.54, 1.807) is 6.20 Å². The van der Waals surface area contributed by atoms with Gasteiger partial charge in [0.25, 0.3) is 0 Å². The van der Waals surface area contributed by atoms with Gasteiger partial charge in [0.2, 0.25) is 0 Å². The van der Waals surface area contributed by atoms with Crippen molar-refractivity contribution in [2.45, 2.75) is 17.9 Å². The lowest BCUT2D eigenvalue weighted by Gasteiger charge is -2.07. The van der Waals surface area contributed by atoms with Crippen molar-refractivity contribution in [2.24, 2.45) is 5.73 Å². The van der Waals surface area contributed by atoms with Gasteiger partial charge in [-0.15, -0.1) is 0 Å². The Balaban J connectivity index is 2.60. The maximum Gasteiger partial charge on any atom is 0.0662 e. The number of aromatic nitrogens is 1. The number of nitrogens with two attached hydrogens (primary N) is 1. The summed E-state index contributed by atoms with van der Waals surface area (Å²) in [5, 5.41) is 0.0282. The van der Waals surface area contributed by atoms with Gasteiger partial charge in [0.15, 0.2) is 0 Å². The van der Waals surface area contributed by atoms with Gasteiger partial charge in [0.05, 0.1) is 11.4 Å². The third-order valence-corrected chi connectivity index (χ3v) is 4.00. The zero-order chi connectivity index (χ0) is 10.6. The van der Waals surface area contributed by atoms with E-state index in [1.807, 2.05) is 19.1 Å². The number of halogens is 1. The number of hydrogen-bond donors (Lipinski definition) is 1. The summed E-state index contributed by atoms with van der Waals surface area (Å²) in [6, 6.07) is 3.76. The van der Waals surface area contributed by atoms with Crippen molar-refractivity contribution in [1.29, 1.82) is 0 Å². The van der Waals surface area contributed by atoms with Gasteiger partial charge in [0, 0.05) is 33.3 Å². The molecule has 0 amide bonds. The molecule has 2 unspecified atom stereocenters. The van der Waals surface area contributed by atoms with Crippen LogP contribution >= 0.6 is 15.9 Å². The van der Waals surface area contributed by atoms with Gasteiger partial charge >= 0.3 is 0 Å². The van der Waals surface area contributed by atoms with Gasteiger partial charge in [-0.05, 0) is 35.0 Å². The largest absolute Gasteiger partial charge is 0.329 e. The molecule has 0 saturated carbocycles. The van der Waals surface area contributed by atoms with Crippen LogP contribution in [0.25, 0.3) is 0 Å². The van der Waals surface area contributed by atoms with Crippen LogP contribution in [0.5, 0.6) is 0 Å². The van der Waals surface area contributed by atoms with Crippen molar-refractivity contribution in [3.63, 3.8) is 0 Å². The van der Waals surface area contributed by atoms with Crippen LogP contribution in [0.2, 0.25) is 0 Å². The minimum atomic E-state index is -0.925. The Hall–Kier alpha value is -0.260. The number of pyridine rings is 1. The molecule has 78 valence electrons. The zero-order valence-corrected chi connectivity index (χ0v) is 10.3. The average Bonchev–Trinajstić information content (AvgIpc) is 2.20. The highest BCUT2D eigenvalue weighted by atomic mass is 79.9. The maximum atomic E-state index is 11.6. The first kappa shape index (κ1) is 11.8. The molecule has 0 aliphatic carbocycles. The van der Waals surface area contributed by atoms with Crippen molar-refractivity contribution in [2.75, 3.05) is 6.54 Å². The Bertz CT molecular complexity index is 315. The lowest BCUT2D eigenvalue weighted by atomic mass is 10.4. The van der Waals surface area contributed by atoms with Crippen molar-refractivity contribution in [3.05, 3.63) is 28.5 Å². The van der Waals surface area contributed by atoms with E-state index in [9.17, 15) is 4.21 Å². The summed E-state index contributed by atoms with van der Waals surface area (Å²) in [6.07, 6.45) is 1.71. The highest BCUT2D eigenvalue weighted by Gasteiger charge is 2.09. The second-order valence-corrected chi connectivity index (χ2v) is 5.81. The van der Waals surface area contributed by atoms with E-state index in [2.05, 4.69) is 20.9 Å². The third-order valence-electron chi connectivity index (χ3n) is 1.86. The monoisotopic (exact) mass is 276 g/mol. The topological polar surface area (TPSA) is 56.0 Å². The molecule has 0 bridgehead atoms. The van der Waals surface area contributed by atoms with Crippen LogP contribution in [0.3, 0.4) is 0 Å². The Morgan fingerprint density at radius 3 is 2.86 bits per heavy atom. The van der Waals surface area contributed by atoms with Gasteiger partial charge in [-0.3, -0.25) is 9.19 Å². The summed E-state index contributed by atoms with van der Waals surface area (Å²) in [4.78, 5) is 4.15. The second kappa shape index (κ2) is 5.58. The van der Waals surface area contributed by atoms with Crippen molar-refractivity contribution in [3.8, 4) is 0 Å². The smallest absolute Gasteiger partial charge is 0.0662 e. The fourth-order valence-corrected chi connectivity index (χ4v) is 2.08. The van der Waals surface area contributed by atoms with Crippen molar-refractivity contribution < 1.29 is 4.21 Å². The van der Waals surface area contributed by atoms with Crippen LogP contribution < -0.4 is 5.73 Å². The summed E-state index contributed by atoms with van der Waals surface area (Å²) in [6.45, 7) is 2.33. The predicted octanol–water partition coefficient (Wildman–Crippen LogP) is 1.44. The van der Waals surface area contributed by atoms with Gasteiger partial charge in [-0.25, -0.2) is 0 Å². The van der Waals surface area contributed by atoms with E-state index in [4.69, 9.17) is 5.73 Å². The number of rotatable bonds is 4. The average molecular weight is 277 g/mol. The molecule has 0 fully saturated rings. The SMILES string of the molecule is CC(CN)S(=O)Cc1ccc(Br)cn1. The van der Waals surface area contributed by atoms with Gasteiger partial charge in [-0.2, -0.15) is 0 Å². The van der Waals surface area contributed by atoms with Gasteiger partial charge in [0.1, 0.15) is 0 Å². The summed E-state index contributed by atoms with van der Waals surface area (Å²) in [5.41, 5.74) is 6.27. The van der Waals surface area contributed by atoms with Gasteiger partial charge < -0.3 is 5.73 Å². The lowest BCUT2D eigenvalue weighted by Crippen LogP contribution is -2.23. The lowest BCUT2D eigenvalue weighted by molar-refractivity contribution is 0.672. The molecule has 1 aromatic rings. The summed E-state index contributed by atoms with van der Waals surface area (Å²) in [5.74, 6) is 0.478. The molecule has 14 heavy (non-hydrogen) atoms. The fourth-order valence-electron chi connectivity index (χ4n) is 0.887.